The Labute approximate surface area is 102 Å². The van der Waals surface area contributed by atoms with Crippen LogP contribution in [0.15, 0.2) is 36.5 Å². The highest BCUT2D eigenvalue weighted by molar-refractivity contribution is 5.79. The SMILES string of the molecule is CC1(C)CC1C(N)c1ccc2cccnc2c1. The van der Waals surface area contributed by atoms with Gasteiger partial charge in [0.25, 0.3) is 0 Å². The van der Waals surface area contributed by atoms with Gasteiger partial charge in [0.05, 0.1) is 5.52 Å². The summed E-state index contributed by atoms with van der Waals surface area (Å²) in [7, 11) is 0. The van der Waals surface area contributed by atoms with Gasteiger partial charge in [0.15, 0.2) is 0 Å². The molecule has 1 fully saturated rings. The minimum Gasteiger partial charge on any atom is -0.324 e. The average Bonchev–Trinajstić information content (AvgIpc) is 2.97. The molecule has 2 nitrogen and oxygen atoms in total. The van der Waals surface area contributed by atoms with Crippen molar-refractivity contribution in [3.05, 3.63) is 42.1 Å². The van der Waals surface area contributed by atoms with Gasteiger partial charge in [-0.15, -0.1) is 0 Å². The number of nitrogens with zero attached hydrogens (tertiary/aromatic N) is 1. The van der Waals surface area contributed by atoms with Gasteiger partial charge >= 0.3 is 0 Å². The normalized spacial score (nSPS) is 23.6. The van der Waals surface area contributed by atoms with E-state index in [1.807, 2.05) is 12.3 Å². The Bertz CT molecular complexity index is 560. The minimum atomic E-state index is 0.149. The number of rotatable bonds is 2. The van der Waals surface area contributed by atoms with Gasteiger partial charge in [-0.05, 0) is 35.4 Å². The maximum Gasteiger partial charge on any atom is 0.0705 e. The largest absolute Gasteiger partial charge is 0.324 e. The van der Waals surface area contributed by atoms with Gasteiger partial charge < -0.3 is 5.73 Å². The predicted octanol–water partition coefficient (Wildman–Crippen LogP) is 3.28. The number of benzene rings is 1. The average molecular weight is 226 g/mol. The van der Waals surface area contributed by atoms with Gasteiger partial charge in [0.2, 0.25) is 0 Å². The molecule has 0 saturated heterocycles. The summed E-state index contributed by atoms with van der Waals surface area (Å²) in [4.78, 5) is 4.38. The van der Waals surface area contributed by atoms with E-state index < -0.39 is 0 Å². The van der Waals surface area contributed by atoms with Crippen LogP contribution < -0.4 is 5.73 Å². The second kappa shape index (κ2) is 3.54. The van der Waals surface area contributed by atoms with Crippen LogP contribution in [0.3, 0.4) is 0 Å². The first-order valence-corrected chi connectivity index (χ1v) is 6.18. The molecule has 1 aromatic carbocycles. The molecular formula is C15H18N2. The van der Waals surface area contributed by atoms with Gasteiger partial charge in [-0.1, -0.05) is 32.0 Å². The highest BCUT2D eigenvalue weighted by Gasteiger charge is 2.49. The molecule has 3 rings (SSSR count). The van der Waals surface area contributed by atoms with Crippen molar-refractivity contribution in [1.82, 2.24) is 4.98 Å². The summed E-state index contributed by atoms with van der Waals surface area (Å²) in [6.07, 6.45) is 3.06. The fraction of sp³-hybridized carbons (Fsp3) is 0.400. The van der Waals surface area contributed by atoms with Crippen LogP contribution in [-0.4, -0.2) is 4.98 Å². The monoisotopic (exact) mass is 226 g/mol. The van der Waals surface area contributed by atoms with E-state index in [0.717, 1.165) is 5.52 Å². The second-order valence-corrected chi connectivity index (χ2v) is 5.78. The molecule has 17 heavy (non-hydrogen) atoms. The van der Waals surface area contributed by atoms with Crippen molar-refractivity contribution >= 4 is 10.9 Å². The summed E-state index contributed by atoms with van der Waals surface area (Å²) < 4.78 is 0. The molecule has 1 aliphatic rings. The van der Waals surface area contributed by atoms with E-state index in [1.165, 1.54) is 17.4 Å². The Kier molecular flexibility index (Phi) is 2.23. The van der Waals surface area contributed by atoms with Gasteiger partial charge in [-0.3, -0.25) is 4.98 Å². The van der Waals surface area contributed by atoms with Crippen LogP contribution in [0.4, 0.5) is 0 Å². The third-order valence-corrected chi connectivity index (χ3v) is 4.04. The zero-order chi connectivity index (χ0) is 12.0. The Morgan fingerprint density at radius 2 is 2.12 bits per heavy atom. The molecule has 1 aliphatic carbocycles. The van der Waals surface area contributed by atoms with Gasteiger partial charge in [0, 0.05) is 17.6 Å². The third kappa shape index (κ3) is 1.83. The molecule has 0 radical (unpaired) electrons. The Hall–Kier alpha value is -1.41. The molecule has 0 spiro atoms. The summed E-state index contributed by atoms with van der Waals surface area (Å²) in [6, 6.07) is 10.6. The molecule has 2 N–H and O–H groups in total. The van der Waals surface area contributed by atoms with Crippen LogP contribution in [0.1, 0.15) is 31.9 Å². The molecule has 1 aromatic heterocycles. The highest BCUT2D eigenvalue weighted by Crippen LogP contribution is 2.56. The zero-order valence-electron chi connectivity index (χ0n) is 10.4. The standard InChI is InChI=1S/C15H18N2/c1-15(2)9-12(15)14(16)11-6-5-10-4-3-7-17-13(10)8-11/h3-8,12,14H,9,16H2,1-2H3. The van der Waals surface area contributed by atoms with Gasteiger partial charge in [0.1, 0.15) is 0 Å². The fourth-order valence-electron chi connectivity index (χ4n) is 2.64. The van der Waals surface area contributed by atoms with Crippen molar-refractivity contribution in [2.45, 2.75) is 26.3 Å². The summed E-state index contributed by atoms with van der Waals surface area (Å²) in [5.74, 6) is 0.615. The number of hydrogen-bond acceptors (Lipinski definition) is 2. The van der Waals surface area contributed by atoms with Crippen LogP contribution in [0.2, 0.25) is 0 Å². The lowest BCUT2D eigenvalue weighted by atomic mass is 9.97. The van der Waals surface area contributed by atoms with Crippen molar-refractivity contribution in [2.24, 2.45) is 17.1 Å². The molecule has 88 valence electrons. The molecule has 2 aromatic rings. The number of nitrogens with two attached hydrogens (primary N) is 1. The fourth-order valence-corrected chi connectivity index (χ4v) is 2.64. The Morgan fingerprint density at radius 3 is 2.82 bits per heavy atom. The molecule has 2 unspecified atom stereocenters. The number of hydrogen-bond donors (Lipinski definition) is 1. The summed E-state index contributed by atoms with van der Waals surface area (Å²) in [6.45, 7) is 4.58. The quantitative estimate of drug-likeness (QED) is 0.853. The van der Waals surface area contributed by atoms with E-state index in [2.05, 4.69) is 43.1 Å². The van der Waals surface area contributed by atoms with Crippen molar-refractivity contribution in [3.63, 3.8) is 0 Å². The summed E-state index contributed by atoms with van der Waals surface area (Å²) in [5, 5.41) is 1.18. The Morgan fingerprint density at radius 1 is 1.35 bits per heavy atom. The second-order valence-electron chi connectivity index (χ2n) is 5.78. The Balaban J connectivity index is 1.96. The van der Waals surface area contributed by atoms with Crippen LogP contribution >= 0.6 is 0 Å². The van der Waals surface area contributed by atoms with E-state index in [4.69, 9.17) is 5.73 Å². The summed E-state index contributed by atoms with van der Waals surface area (Å²) in [5.41, 5.74) is 9.01. The number of pyridine rings is 1. The predicted molar refractivity (Wildman–Crippen MR) is 70.6 cm³/mol. The molecule has 1 saturated carbocycles. The number of aromatic nitrogens is 1. The van der Waals surface area contributed by atoms with Crippen molar-refractivity contribution < 1.29 is 0 Å². The zero-order valence-corrected chi connectivity index (χ0v) is 10.4. The van der Waals surface area contributed by atoms with Crippen LogP contribution in [0.25, 0.3) is 10.9 Å². The van der Waals surface area contributed by atoms with E-state index >= 15 is 0 Å². The molecule has 0 aliphatic heterocycles. The first-order chi connectivity index (χ1) is 8.08. The van der Waals surface area contributed by atoms with E-state index in [-0.39, 0.29) is 6.04 Å². The number of fused-ring (bicyclic) bond motifs is 1. The molecule has 2 heteroatoms. The van der Waals surface area contributed by atoms with Crippen LogP contribution in [-0.2, 0) is 0 Å². The van der Waals surface area contributed by atoms with Crippen molar-refractivity contribution in [2.75, 3.05) is 0 Å². The third-order valence-electron chi connectivity index (χ3n) is 4.04. The molecule has 0 amide bonds. The van der Waals surface area contributed by atoms with Crippen LogP contribution in [0, 0.1) is 11.3 Å². The van der Waals surface area contributed by atoms with Gasteiger partial charge in [-0.2, -0.15) is 0 Å². The minimum absolute atomic E-state index is 0.149. The lowest BCUT2D eigenvalue weighted by molar-refractivity contribution is 0.491. The first-order valence-electron chi connectivity index (χ1n) is 6.18. The molecule has 0 bridgehead atoms. The lowest BCUT2D eigenvalue weighted by Gasteiger charge is -2.14. The maximum absolute atomic E-state index is 6.34. The maximum atomic E-state index is 6.34. The highest BCUT2D eigenvalue weighted by atomic mass is 14.7. The van der Waals surface area contributed by atoms with Gasteiger partial charge in [-0.25, -0.2) is 0 Å². The van der Waals surface area contributed by atoms with E-state index in [0.29, 0.717) is 11.3 Å². The van der Waals surface area contributed by atoms with Crippen molar-refractivity contribution in [1.29, 1.82) is 0 Å². The van der Waals surface area contributed by atoms with E-state index in [1.54, 1.807) is 0 Å². The molecule has 2 atom stereocenters. The lowest BCUT2D eigenvalue weighted by Crippen LogP contribution is -2.15. The smallest absolute Gasteiger partial charge is 0.0705 e. The topological polar surface area (TPSA) is 38.9 Å². The first kappa shape index (κ1) is 10.7. The molecular weight excluding hydrogens is 208 g/mol. The van der Waals surface area contributed by atoms with Crippen LogP contribution in [0.5, 0.6) is 0 Å². The molecule has 1 heterocycles. The van der Waals surface area contributed by atoms with Crippen molar-refractivity contribution in [3.8, 4) is 0 Å². The van der Waals surface area contributed by atoms with E-state index in [9.17, 15) is 0 Å². The summed E-state index contributed by atoms with van der Waals surface area (Å²) >= 11 is 0.